The summed E-state index contributed by atoms with van der Waals surface area (Å²) in [6, 6.07) is 6.21. The second-order valence-electron chi connectivity index (χ2n) is 6.91. The highest BCUT2D eigenvalue weighted by Crippen LogP contribution is 2.35. The lowest BCUT2D eigenvalue weighted by molar-refractivity contribution is 0.204. The lowest BCUT2D eigenvalue weighted by Crippen LogP contribution is -2.42. The Kier molecular flexibility index (Phi) is 5.47. The number of fused-ring (bicyclic) bond motifs is 1. The normalized spacial score (nSPS) is 13.8. The van der Waals surface area contributed by atoms with E-state index in [0.717, 1.165) is 16.7 Å². The summed E-state index contributed by atoms with van der Waals surface area (Å²) in [5.41, 5.74) is 3.83. The van der Waals surface area contributed by atoms with E-state index in [9.17, 15) is 9.18 Å². The number of urea groups is 1. The van der Waals surface area contributed by atoms with E-state index in [1.54, 1.807) is 24.2 Å². The highest BCUT2D eigenvalue weighted by Gasteiger charge is 2.20. The van der Waals surface area contributed by atoms with Crippen LogP contribution in [0.15, 0.2) is 49.3 Å². The monoisotopic (exact) mass is 407 g/mol. The summed E-state index contributed by atoms with van der Waals surface area (Å²) >= 11 is 0. The fraction of sp³-hybridized carbons (Fsp3) is 0.227. The average Bonchev–Trinajstić information content (AvgIpc) is 3.22. The molecule has 1 aliphatic rings. The molecule has 0 atom stereocenters. The van der Waals surface area contributed by atoms with Gasteiger partial charge >= 0.3 is 6.03 Å². The van der Waals surface area contributed by atoms with E-state index in [0.29, 0.717) is 48.7 Å². The molecule has 2 aromatic heterocycles. The first-order valence-corrected chi connectivity index (χ1v) is 9.61. The minimum Gasteiger partial charge on any atom is -0.496 e. The van der Waals surface area contributed by atoms with Crippen LogP contribution in [0.1, 0.15) is 12.1 Å². The van der Waals surface area contributed by atoms with E-state index >= 15 is 0 Å². The number of nitrogens with zero attached hydrogens (tertiary/aromatic N) is 3. The molecule has 0 radical (unpaired) electrons. The SMILES string of the molecule is C=CCNC(=O)N1CC=C(c2cc3c(-c4cc(F)ccc4OC)ncnc3[nH]2)CC1. The average molecular weight is 407 g/mol. The molecule has 1 aromatic carbocycles. The minimum atomic E-state index is -0.363. The summed E-state index contributed by atoms with van der Waals surface area (Å²) in [6.07, 6.45) is 5.83. The van der Waals surface area contributed by atoms with Crippen LogP contribution in [0.3, 0.4) is 0 Å². The molecule has 30 heavy (non-hydrogen) atoms. The Morgan fingerprint density at radius 1 is 1.40 bits per heavy atom. The molecular weight excluding hydrogens is 385 g/mol. The molecule has 2 N–H and O–H groups in total. The molecule has 7 nitrogen and oxygen atoms in total. The van der Waals surface area contributed by atoms with E-state index in [1.165, 1.54) is 18.5 Å². The van der Waals surface area contributed by atoms with Crippen molar-refractivity contribution in [1.29, 1.82) is 0 Å². The highest BCUT2D eigenvalue weighted by molar-refractivity contribution is 5.94. The zero-order chi connectivity index (χ0) is 21.1. The van der Waals surface area contributed by atoms with Gasteiger partial charge in [0.15, 0.2) is 0 Å². The quantitative estimate of drug-likeness (QED) is 0.631. The third-order valence-electron chi connectivity index (χ3n) is 5.08. The van der Waals surface area contributed by atoms with Crippen molar-refractivity contribution in [2.24, 2.45) is 0 Å². The summed E-state index contributed by atoms with van der Waals surface area (Å²) in [7, 11) is 1.54. The summed E-state index contributed by atoms with van der Waals surface area (Å²) in [4.78, 5) is 25.9. The minimum absolute atomic E-state index is 0.104. The van der Waals surface area contributed by atoms with E-state index in [2.05, 4.69) is 26.8 Å². The number of H-pyrrole nitrogens is 1. The second-order valence-corrected chi connectivity index (χ2v) is 6.91. The Labute approximate surface area is 173 Å². The van der Waals surface area contributed by atoms with Crippen LogP contribution in [-0.2, 0) is 0 Å². The number of aromatic amines is 1. The van der Waals surface area contributed by atoms with Crippen molar-refractivity contribution < 1.29 is 13.9 Å². The number of aromatic nitrogens is 3. The number of hydrogen-bond donors (Lipinski definition) is 2. The van der Waals surface area contributed by atoms with Gasteiger partial charge in [-0.05, 0) is 36.3 Å². The molecule has 3 aromatic rings. The molecular formula is C22H22FN5O2. The summed E-state index contributed by atoms with van der Waals surface area (Å²) in [6.45, 7) is 5.18. The van der Waals surface area contributed by atoms with Gasteiger partial charge in [0.1, 0.15) is 23.5 Å². The summed E-state index contributed by atoms with van der Waals surface area (Å²) < 4.78 is 19.3. The largest absolute Gasteiger partial charge is 0.496 e. The molecule has 0 aliphatic carbocycles. The standard InChI is InChI=1S/C22H22FN5O2/c1-3-8-24-22(29)28-9-6-14(7-10-28)18-12-17-20(25-13-26-21(17)27-18)16-11-15(23)4-5-19(16)30-2/h3-6,11-13H,1,7-10H2,2H3,(H,24,29)(H,25,26,27). The van der Waals surface area contributed by atoms with Gasteiger partial charge in [0.2, 0.25) is 0 Å². The van der Waals surface area contributed by atoms with E-state index in [1.807, 2.05) is 12.1 Å². The zero-order valence-corrected chi connectivity index (χ0v) is 16.6. The molecule has 0 saturated heterocycles. The predicted molar refractivity (Wildman–Crippen MR) is 114 cm³/mol. The van der Waals surface area contributed by atoms with Gasteiger partial charge in [-0.2, -0.15) is 0 Å². The number of nitrogens with one attached hydrogen (secondary N) is 2. The number of carbonyl (C=O) groups excluding carboxylic acids is 1. The molecule has 3 heterocycles. The fourth-order valence-electron chi connectivity index (χ4n) is 3.56. The Morgan fingerprint density at radius 3 is 3.00 bits per heavy atom. The molecule has 1 aliphatic heterocycles. The number of halogens is 1. The first-order valence-electron chi connectivity index (χ1n) is 9.61. The van der Waals surface area contributed by atoms with E-state index < -0.39 is 0 Å². The zero-order valence-electron chi connectivity index (χ0n) is 16.6. The third kappa shape index (κ3) is 3.76. The maximum Gasteiger partial charge on any atom is 0.317 e. The number of methoxy groups -OCH3 is 1. The Hall–Kier alpha value is -3.68. The van der Waals surface area contributed by atoms with Crippen molar-refractivity contribution >= 4 is 22.6 Å². The van der Waals surface area contributed by atoms with Crippen molar-refractivity contribution in [2.75, 3.05) is 26.7 Å². The van der Waals surface area contributed by atoms with Crippen LogP contribution in [0.5, 0.6) is 5.75 Å². The smallest absolute Gasteiger partial charge is 0.317 e. The van der Waals surface area contributed by atoms with Crippen molar-refractivity contribution in [1.82, 2.24) is 25.2 Å². The predicted octanol–water partition coefficient (Wildman–Crippen LogP) is 3.76. The Morgan fingerprint density at radius 2 is 2.27 bits per heavy atom. The van der Waals surface area contributed by atoms with Crippen LogP contribution < -0.4 is 10.1 Å². The highest BCUT2D eigenvalue weighted by atomic mass is 19.1. The van der Waals surface area contributed by atoms with Crippen LogP contribution in [-0.4, -0.2) is 52.6 Å². The van der Waals surface area contributed by atoms with Crippen molar-refractivity contribution in [3.63, 3.8) is 0 Å². The van der Waals surface area contributed by atoms with Crippen LogP contribution in [0.4, 0.5) is 9.18 Å². The summed E-state index contributed by atoms with van der Waals surface area (Å²) in [5, 5.41) is 3.57. The number of benzene rings is 1. The molecule has 0 bridgehead atoms. The fourth-order valence-corrected chi connectivity index (χ4v) is 3.56. The third-order valence-corrected chi connectivity index (χ3v) is 5.08. The lowest BCUT2D eigenvalue weighted by Gasteiger charge is -2.26. The van der Waals surface area contributed by atoms with Gasteiger partial charge in [0.25, 0.3) is 0 Å². The van der Waals surface area contributed by atoms with E-state index in [4.69, 9.17) is 4.74 Å². The molecule has 2 amide bonds. The molecule has 0 fully saturated rings. The second kappa shape index (κ2) is 8.36. The maximum absolute atomic E-state index is 13.9. The Bertz CT molecular complexity index is 1140. The molecule has 0 saturated carbocycles. The topological polar surface area (TPSA) is 83.1 Å². The first-order chi connectivity index (χ1) is 14.6. The van der Waals surface area contributed by atoms with Crippen molar-refractivity contribution in [3.05, 3.63) is 60.8 Å². The molecule has 154 valence electrons. The van der Waals surface area contributed by atoms with E-state index in [-0.39, 0.29) is 11.8 Å². The molecule has 0 unspecified atom stereocenters. The van der Waals surface area contributed by atoms with Gasteiger partial charge in [-0.15, -0.1) is 6.58 Å². The lowest BCUT2D eigenvalue weighted by atomic mass is 10.0. The summed E-state index contributed by atoms with van der Waals surface area (Å²) in [5.74, 6) is 0.176. The van der Waals surface area contributed by atoms with Crippen LogP contribution >= 0.6 is 0 Å². The number of ether oxygens (including phenoxy) is 1. The van der Waals surface area contributed by atoms with Gasteiger partial charge in [0, 0.05) is 36.3 Å². The Balaban J connectivity index is 1.65. The van der Waals surface area contributed by atoms with Gasteiger partial charge in [-0.3, -0.25) is 0 Å². The van der Waals surface area contributed by atoms with Crippen LogP contribution in [0, 0.1) is 5.82 Å². The number of hydrogen-bond acceptors (Lipinski definition) is 4. The molecule has 8 heteroatoms. The number of amides is 2. The molecule has 4 rings (SSSR count). The first kappa shape index (κ1) is 19.6. The van der Waals surface area contributed by atoms with Gasteiger partial charge in [0.05, 0.1) is 12.8 Å². The van der Waals surface area contributed by atoms with Crippen molar-refractivity contribution in [2.45, 2.75) is 6.42 Å². The van der Waals surface area contributed by atoms with Crippen LogP contribution in [0.25, 0.3) is 27.9 Å². The van der Waals surface area contributed by atoms with Crippen molar-refractivity contribution in [3.8, 4) is 17.0 Å². The van der Waals surface area contributed by atoms with Gasteiger partial charge in [-0.25, -0.2) is 19.2 Å². The van der Waals surface area contributed by atoms with Gasteiger partial charge < -0.3 is 19.9 Å². The number of rotatable bonds is 5. The van der Waals surface area contributed by atoms with Gasteiger partial charge in [-0.1, -0.05) is 12.2 Å². The number of carbonyl (C=O) groups is 1. The maximum atomic E-state index is 13.9. The molecule has 0 spiro atoms. The van der Waals surface area contributed by atoms with Crippen LogP contribution in [0.2, 0.25) is 0 Å².